The molecule has 0 atom stereocenters. The number of imidazole rings is 1. The molecule has 0 aliphatic carbocycles. The highest BCUT2D eigenvalue weighted by atomic mass is 79.9. The molecule has 72 valence electrons. The van der Waals surface area contributed by atoms with Gasteiger partial charge >= 0.3 is 0 Å². The summed E-state index contributed by atoms with van der Waals surface area (Å²) in [6.07, 6.45) is 5.68. The van der Waals surface area contributed by atoms with Crippen LogP contribution in [0, 0.1) is 0 Å². The van der Waals surface area contributed by atoms with Crippen LogP contribution in [0.4, 0.5) is 0 Å². The highest BCUT2D eigenvalue weighted by Crippen LogP contribution is 2.09. The van der Waals surface area contributed by atoms with Gasteiger partial charge in [0.1, 0.15) is 10.4 Å². The molecule has 2 aromatic rings. The van der Waals surface area contributed by atoms with Crippen LogP contribution in [0.5, 0.6) is 0 Å². The van der Waals surface area contributed by atoms with Gasteiger partial charge < -0.3 is 4.40 Å². The summed E-state index contributed by atoms with van der Waals surface area (Å²) in [5.41, 5.74) is 1.53. The molecular formula is C9H8BrN3O. The van der Waals surface area contributed by atoms with Crippen molar-refractivity contribution in [2.75, 3.05) is 0 Å². The second-order valence-electron chi connectivity index (χ2n) is 3.09. The van der Waals surface area contributed by atoms with E-state index in [1.165, 1.54) is 0 Å². The Morgan fingerprint density at radius 2 is 2.36 bits per heavy atom. The van der Waals surface area contributed by atoms with Crippen LogP contribution in [-0.2, 0) is 11.2 Å². The Kier molecular flexibility index (Phi) is 2.33. The first-order valence-electron chi connectivity index (χ1n) is 4.14. The summed E-state index contributed by atoms with van der Waals surface area (Å²) in [5.74, 6) is 0.112. The van der Waals surface area contributed by atoms with E-state index >= 15 is 0 Å². The maximum Gasteiger partial charge on any atom is 0.155 e. The number of Topliss-reactive ketones (excluding diaryl/α,β-unsaturated/α-hetero) is 1. The number of hydrogen-bond donors (Lipinski definition) is 0. The van der Waals surface area contributed by atoms with Crippen molar-refractivity contribution in [2.45, 2.75) is 13.3 Å². The Hall–Kier alpha value is -1.23. The zero-order chi connectivity index (χ0) is 10.1. The second-order valence-corrected chi connectivity index (χ2v) is 3.90. The van der Waals surface area contributed by atoms with Crippen LogP contribution < -0.4 is 0 Å². The summed E-state index contributed by atoms with van der Waals surface area (Å²) in [6, 6.07) is 0. The largest absolute Gasteiger partial charge is 0.303 e. The first-order valence-corrected chi connectivity index (χ1v) is 4.93. The van der Waals surface area contributed by atoms with Gasteiger partial charge in [0.2, 0.25) is 0 Å². The Morgan fingerprint density at radius 3 is 3.07 bits per heavy atom. The van der Waals surface area contributed by atoms with E-state index < -0.39 is 0 Å². The minimum absolute atomic E-state index is 0.112. The molecule has 0 bridgehead atoms. The molecule has 0 radical (unpaired) electrons. The highest BCUT2D eigenvalue weighted by molar-refractivity contribution is 9.10. The van der Waals surface area contributed by atoms with E-state index in [1.807, 2.05) is 16.8 Å². The first-order chi connectivity index (χ1) is 6.65. The van der Waals surface area contributed by atoms with Crippen molar-refractivity contribution >= 4 is 27.4 Å². The molecule has 0 saturated heterocycles. The van der Waals surface area contributed by atoms with Crippen molar-refractivity contribution in [2.24, 2.45) is 0 Å². The molecule has 0 fully saturated rings. The molecule has 0 N–H and O–H groups in total. The minimum Gasteiger partial charge on any atom is -0.303 e. The van der Waals surface area contributed by atoms with Gasteiger partial charge in [-0.15, -0.1) is 0 Å². The second kappa shape index (κ2) is 3.49. The highest BCUT2D eigenvalue weighted by Gasteiger charge is 2.04. The van der Waals surface area contributed by atoms with Gasteiger partial charge in [-0.1, -0.05) is 0 Å². The molecule has 0 spiro atoms. The van der Waals surface area contributed by atoms with Crippen LogP contribution in [0.1, 0.15) is 12.6 Å². The van der Waals surface area contributed by atoms with Gasteiger partial charge in [0.25, 0.3) is 0 Å². The molecule has 0 aromatic carbocycles. The molecule has 0 amide bonds. The normalized spacial score (nSPS) is 10.7. The Labute approximate surface area is 89.1 Å². The van der Waals surface area contributed by atoms with Gasteiger partial charge in [-0.05, 0) is 22.9 Å². The number of fused-ring (bicyclic) bond motifs is 1. The third kappa shape index (κ3) is 1.82. The van der Waals surface area contributed by atoms with Crippen molar-refractivity contribution in [3.05, 3.63) is 28.9 Å². The maximum absolute atomic E-state index is 10.9. The fourth-order valence-electron chi connectivity index (χ4n) is 1.27. The SMILES string of the molecule is CC(=O)Cc1cn2cc(Br)ncc2n1. The van der Waals surface area contributed by atoms with Crippen molar-refractivity contribution in [1.29, 1.82) is 0 Å². The summed E-state index contributed by atoms with van der Waals surface area (Å²) in [4.78, 5) is 19.2. The lowest BCUT2D eigenvalue weighted by molar-refractivity contribution is -0.116. The number of hydrogen-bond acceptors (Lipinski definition) is 3. The molecule has 14 heavy (non-hydrogen) atoms. The van der Waals surface area contributed by atoms with Crippen LogP contribution >= 0.6 is 15.9 Å². The summed E-state index contributed by atoms with van der Waals surface area (Å²) in [6.45, 7) is 1.55. The van der Waals surface area contributed by atoms with Gasteiger partial charge in [-0.3, -0.25) is 4.79 Å². The van der Waals surface area contributed by atoms with E-state index in [-0.39, 0.29) is 5.78 Å². The van der Waals surface area contributed by atoms with E-state index in [2.05, 4.69) is 25.9 Å². The number of rotatable bonds is 2. The average Bonchev–Trinajstić information content (AvgIpc) is 2.44. The molecule has 2 heterocycles. The van der Waals surface area contributed by atoms with E-state index in [0.717, 1.165) is 15.9 Å². The average molecular weight is 254 g/mol. The number of nitrogens with zero attached hydrogens (tertiary/aromatic N) is 3. The zero-order valence-electron chi connectivity index (χ0n) is 7.57. The van der Waals surface area contributed by atoms with Gasteiger partial charge in [-0.25, -0.2) is 9.97 Å². The lowest BCUT2D eigenvalue weighted by atomic mass is 10.2. The molecule has 0 aliphatic heterocycles. The number of carbonyl (C=O) groups is 1. The monoisotopic (exact) mass is 253 g/mol. The lowest BCUT2D eigenvalue weighted by Gasteiger charge is -1.90. The lowest BCUT2D eigenvalue weighted by Crippen LogP contribution is -1.95. The maximum atomic E-state index is 10.9. The van der Waals surface area contributed by atoms with Crippen molar-refractivity contribution in [3.8, 4) is 0 Å². The predicted molar refractivity (Wildman–Crippen MR) is 55.1 cm³/mol. The van der Waals surface area contributed by atoms with Gasteiger partial charge in [-0.2, -0.15) is 0 Å². The Bertz CT molecular complexity index is 492. The number of ketones is 1. The van der Waals surface area contributed by atoms with Crippen LogP contribution in [-0.4, -0.2) is 20.2 Å². The Morgan fingerprint density at radius 1 is 1.57 bits per heavy atom. The van der Waals surface area contributed by atoms with Crippen LogP contribution in [0.2, 0.25) is 0 Å². The Balaban J connectivity index is 2.46. The minimum atomic E-state index is 0.112. The summed E-state index contributed by atoms with van der Waals surface area (Å²) in [7, 11) is 0. The van der Waals surface area contributed by atoms with Crippen LogP contribution in [0.3, 0.4) is 0 Å². The zero-order valence-corrected chi connectivity index (χ0v) is 9.15. The molecule has 0 unspecified atom stereocenters. The third-order valence-corrected chi connectivity index (χ3v) is 2.20. The fourth-order valence-corrected chi connectivity index (χ4v) is 1.59. The topological polar surface area (TPSA) is 47.3 Å². The smallest absolute Gasteiger partial charge is 0.155 e. The van der Waals surface area contributed by atoms with E-state index in [1.54, 1.807) is 13.1 Å². The third-order valence-electron chi connectivity index (χ3n) is 1.79. The summed E-state index contributed by atoms with van der Waals surface area (Å²) in [5, 5.41) is 0. The van der Waals surface area contributed by atoms with Crippen molar-refractivity contribution < 1.29 is 4.79 Å². The van der Waals surface area contributed by atoms with Crippen LogP contribution in [0.25, 0.3) is 5.65 Å². The van der Waals surface area contributed by atoms with Gasteiger partial charge in [0.05, 0.1) is 11.9 Å². The van der Waals surface area contributed by atoms with E-state index in [4.69, 9.17) is 0 Å². The summed E-state index contributed by atoms with van der Waals surface area (Å²) < 4.78 is 2.59. The predicted octanol–water partition coefficient (Wildman–Crippen LogP) is 1.62. The summed E-state index contributed by atoms with van der Waals surface area (Å²) >= 11 is 3.27. The van der Waals surface area contributed by atoms with Crippen LogP contribution in [0.15, 0.2) is 23.2 Å². The molecule has 4 nitrogen and oxygen atoms in total. The van der Waals surface area contributed by atoms with Crippen molar-refractivity contribution in [3.63, 3.8) is 0 Å². The molecule has 0 saturated carbocycles. The standard InChI is InChI=1S/C9H8BrN3O/c1-6(14)2-7-4-13-5-8(10)11-3-9(13)12-7/h3-5H,2H2,1H3. The first kappa shape index (κ1) is 9.33. The van der Waals surface area contributed by atoms with Gasteiger partial charge in [0.15, 0.2) is 5.65 Å². The molecule has 2 aromatic heterocycles. The quantitative estimate of drug-likeness (QED) is 0.818. The number of aromatic nitrogens is 3. The molecule has 2 rings (SSSR count). The molecule has 0 aliphatic rings. The number of carbonyl (C=O) groups excluding carboxylic acids is 1. The van der Waals surface area contributed by atoms with E-state index in [9.17, 15) is 4.79 Å². The molecular weight excluding hydrogens is 246 g/mol. The van der Waals surface area contributed by atoms with Gasteiger partial charge in [0, 0.05) is 18.8 Å². The van der Waals surface area contributed by atoms with E-state index in [0.29, 0.717) is 6.42 Å². The van der Waals surface area contributed by atoms with Crippen molar-refractivity contribution in [1.82, 2.24) is 14.4 Å². The fraction of sp³-hybridized carbons (Fsp3) is 0.222. The molecule has 5 heteroatoms. The number of halogens is 1.